The van der Waals surface area contributed by atoms with E-state index >= 15 is 0 Å². The van der Waals surface area contributed by atoms with Gasteiger partial charge in [0.2, 0.25) is 5.78 Å². The molecule has 5 nitrogen and oxygen atoms in total. The summed E-state index contributed by atoms with van der Waals surface area (Å²) in [4.78, 5) is 13.1. The van der Waals surface area contributed by atoms with Crippen LogP contribution in [0.4, 0.5) is 4.39 Å². The van der Waals surface area contributed by atoms with Gasteiger partial charge in [-0.2, -0.15) is 0 Å². The highest BCUT2D eigenvalue weighted by atomic mass is 32.2. The predicted octanol–water partition coefficient (Wildman–Crippen LogP) is 4.78. The van der Waals surface area contributed by atoms with E-state index in [1.807, 2.05) is 52.2 Å². The van der Waals surface area contributed by atoms with Crippen molar-refractivity contribution in [3.8, 4) is 0 Å². The Bertz CT molecular complexity index is 1390. The maximum atomic E-state index is 14.0. The molecule has 0 aliphatic carbocycles. The van der Waals surface area contributed by atoms with Crippen LogP contribution in [0.2, 0.25) is 0 Å². The Balaban J connectivity index is 1.55. The summed E-state index contributed by atoms with van der Waals surface area (Å²) in [7, 11) is 0. The van der Waals surface area contributed by atoms with Gasteiger partial charge in [-0.25, -0.2) is 4.39 Å². The number of fused-ring (bicyclic) bond motifs is 3. The standard InChI is InChI=1S/C22H17FN4OS2/c23-17-9-5-4-8-16(17)14-30-22-25-24-21-26(12-10-15-6-2-1-3-7-15)20(28)19-18(27(21)22)11-13-29-19/h1-9,11,13H,10,12,14H2. The van der Waals surface area contributed by atoms with Gasteiger partial charge in [0, 0.05) is 12.3 Å². The SMILES string of the molecule is O=c1c2sccc2n2c(SCc3ccccc3F)nnc2n1CCc1ccccc1. The summed E-state index contributed by atoms with van der Waals surface area (Å²) in [6.07, 6.45) is 0.720. The molecule has 0 atom stereocenters. The van der Waals surface area contributed by atoms with Crippen molar-refractivity contribution in [3.63, 3.8) is 0 Å². The number of aryl methyl sites for hydroxylation is 2. The average Bonchev–Trinajstić information content (AvgIpc) is 3.41. The highest BCUT2D eigenvalue weighted by Crippen LogP contribution is 2.27. The number of thiophene rings is 1. The molecule has 0 aliphatic heterocycles. The molecule has 5 aromatic rings. The average molecular weight is 437 g/mol. The van der Waals surface area contributed by atoms with E-state index in [1.54, 1.807) is 16.7 Å². The van der Waals surface area contributed by atoms with Crippen LogP contribution in [0.15, 0.2) is 76.0 Å². The second-order valence-corrected chi connectivity index (χ2v) is 8.68. The summed E-state index contributed by atoms with van der Waals surface area (Å²) >= 11 is 2.82. The van der Waals surface area contributed by atoms with Crippen molar-refractivity contribution in [2.45, 2.75) is 23.9 Å². The zero-order valence-electron chi connectivity index (χ0n) is 15.9. The first-order chi connectivity index (χ1) is 14.7. The Kier molecular flexibility index (Phi) is 5.10. The second kappa shape index (κ2) is 8.04. The third kappa shape index (κ3) is 3.42. The van der Waals surface area contributed by atoms with Crippen molar-refractivity contribution in [1.82, 2.24) is 19.2 Å². The third-order valence-corrected chi connectivity index (χ3v) is 6.83. The van der Waals surface area contributed by atoms with Gasteiger partial charge in [-0.1, -0.05) is 60.3 Å². The van der Waals surface area contributed by atoms with Crippen molar-refractivity contribution in [2.24, 2.45) is 0 Å². The molecule has 0 spiro atoms. The van der Waals surface area contributed by atoms with Gasteiger partial charge in [-0.05, 0) is 35.1 Å². The number of benzene rings is 2. The van der Waals surface area contributed by atoms with Gasteiger partial charge in [0.25, 0.3) is 5.56 Å². The first kappa shape index (κ1) is 19.0. The van der Waals surface area contributed by atoms with E-state index < -0.39 is 0 Å². The molecule has 0 amide bonds. The van der Waals surface area contributed by atoms with Crippen LogP contribution in [-0.2, 0) is 18.7 Å². The van der Waals surface area contributed by atoms with Gasteiger partial charge in [-0.15, -0.1) is 21.5 Å². The van der Waals surface area contributed by atoms with Crippen LogP contribution in [0.25, 0.3) is 16.0 Å². The molecule has 0 saturated heterocycles. The van der Waals surface area contributed by atoms with Gasteiger partial charge in [0.05, 0.1) is 5.52 Å². The molecule has 3 aromatic heterocycles. The van der Waals surface area contributed by atoms with E-state index in [4.69, 9.17) is 0 Å². The molecule has 0 saturated carbocycles. The molecule has 2 aromatic carbocycles. The van der Waals surface area contributed by atoms with Crippen molar-refractivity contribution < 1.29 is 4.39 Å². The smallest absolute Gasteiger partial charge is 0.272 e. The van der Waals surface area contributed by atoms with E-state index in [0.717, 1.165) is 17.5 Å². The lowest BCUT2D eigenvalue weighted by molar-refractivity contribution is 0.617. The number of halogens is 1. The third-order valence-electron chi connectivity index (χ3n) is 4.96. The van der Waals surface area contributed by atoms with Crippen molar-refractivity contribution >= 4 is 39.1 Å². The normalized spacial score (nSPS) is 11.5. The Labute approximate surface area is 179 Å². The fourth-order valence-corrected chi connectivity index (χ4v) is 5.19. The number of thioether (sulfide) groups is 1. The molecule has 0 aliphatic rings. The van der Waals surface area contributed by atoms with Gasteiger partial charge in [0.15, 0.2) is 5.16 Å². The molecule has 0 N–H and O–H groups in total. The molecule has 0 fully saturated rings. The Morgan fingerprint density at radius 1 is 1.00 bits per heavy atom. The topological polar surface area (TPSA) is 52.2 Å². The number of hydrogen-bond donors (Lipinski definition) is 0. The van der Waals surface area contributed by atoms with Crippen molar-refractivity contribution in [3.05, 3.63) is 93.3 Å². The summed E-state index contributed by atoms with van der Waals surface area (Å²) in [6.45, 7) is 0.510. The fourth-order valence-electron chi connectivity index (χ4n) is 3.44. The van der Waals surface area contributed by atoms with E-state index in [-0.39, 0.29) is 11.4 Å². The zero-order valence-corrected chi connectivity index (χ0v) is 17.5. The number of rotatable bonds is 6. The molecule has 0 bridgehead atoms. The van der Waals surface area contributed by atoms with Gasteiger partial charge < -0.3 is 0 Å². The summed E-state index contributed by atoms with van der Waals surface area (Å²) in [5.41, 5.74) is 2.50. The van der Waals surface area contributed by atoms with Crippen LogP contribution >= 0.6 is 23.1 Å². The maximum Gasteiger partial charge on any atom is 0.272 e. The molecular weight excluding hydrogens is 419 g/mol. The first-order valence-corrected chi connectivity index (χ1v) is 11.3. The zero-order chi connectivity index (χ0) is 20.5. The number of hydrogen-bond acceptors (Lipinski definition) is 5. The fraction of sp³-hybridized carbons (Fsp3) is 0.136. The van der Waals surface area contributed by atoms with E-state index in [1.165, 1.54) is 29.2 Å². The minimum atomic E-state index is -0.237. The minimum Gasteiger partial charge on any atom is -0.275 e. The monoisotopic (exact) mass is 436 g/mol. The quantitative estimate of drug-likeness (QED) is 0.360. The second-order valence-electron chi connectivity index (χ2n) is 6.83. The summed E-state index contributed by atoms with van der Waals surface area (Å²) < 4.78 is 18.3. The van der Waals surface area contributed by atoms with Crippen molar-refractivity contribution in [2.75, 3.05) is 0 Å². The van der Waals surface area contributed by atoms with Crippen LogP contribution in [-0.4, -0.2) is 19.2 Å². The highest BCUT2D eigenvalue weighted by molar-refractivity contribution is 7.98. The van der Waals surface area contributed by atoms with Crippen LogP contribution in [0, 0.1) is 5.82 Å². The molecule has 30 heavy (non-hydrogen) atoms. The van der Waals surface area contributed by atoms with Crippen LogP contribution in [0.5, 0.6) is 0 Å². The minimum absolute atomic E-state index is 0.0542. The lowest BCUT2D eigenvalue weighted by atomic mass is 10.1. The van der Waals surface area contributed by atoms with Gasteiger partial charge in [0.1, 0.15) is 10.5 Å². The lowest BCUT2D eigenvalue weighted by Crippen LogP contribution is -2.23. The predicted molar refractivity (Wildman–Crippen MR) is 119 cm³/mol. The van der Waals surface area contributed by atoms with E-state index in [9.17, 15) is 9.18 Å². The number of nitrogens with zero attached hydrogens (tertiary/aromatic N) is 4. The molecule has 150 valence electrons. The van der Waals surface area contributed by atoms with Crippen molar-refractivity contribution in [1.29, 1.82) is 0 Å². The van der Waals surface area contributed by atoms with Gasteiger partial charge in [-0.3, -0.25) is 13.8 Å². The molecule has 3 heterocycles. The first-order valence-electron chi connectivity index (χ1n) is 9.47. The maximum absolute atomic E-state index is 14.0. The molecule has 5 rings (SSSR count). The van der Waals surface area contributed by atoms with E-state index in [2.05, 4.69) is 10.2 Å². The Morgan fingerprint density at radius 3 is 2.63 bits per heavy atom. The summed E-state index contributed by atoms with van der Waals surface area (Å²) in [5.74, 6) is 0.708. The van der Waals surface area contributed by atoms with Crippen LogP contribution in [0.3, 0.4) is 0 Å². The van der Waals surface area contributed by atoms with Gasteiger partial charge >= 0.3 is 0 Å². The highest BCUT2D eigenvalue weighted by Gasteiger charge is 2.18. The van der Waals surface area contributed by atoms with Crippen LogP contribution < -0.4 is 5.56 Å². The van der Waals surface area contributed by atoms with Crippen LogP contribution in [0.1, 0.15) is 11.1 Å². The number of aromatic nitrogens is 4. The molecule has 0 unspecified atom stereocenters. The lowest BCUT2D eigenvalue weighted by Gasteiger charge is -2.09. The molecule has 0 radical (unpaired) electrons. The summed E-state index contributed by atoms with van der Waals surface area (Å²) in [5, 5.41) is 11.2. The Morgan fingerprint density at radius 2 is 1.80 bits per heavy atom. The summed E-state index contributed by atoms with van der Waals surface area (Å²) in [6, 6.07) is 18.7. The van der Waals surface area contributed by atoms with E-state index in [0.29, 0.717) is 33.5 Å². The molecule has 8 heteroatoms. The largest absolute Gasteiger partial charge is 0.275 e. The molecular formula is C22H17FN4OS2. The Hall–Kier alpha value is -2.97.